The lowest BCUT2D eigenvalue weighted by atomic mass is 9.99. The average molecular weight is 239 g/mol. The summed E-state index contributed by atoms with van der Waals surface area (Å²) in [7, 11) is 0. The van der Waals surface area contributed by atoms with E-state index in [2.05, 4.69) is 10.1 Å². The second-order valence-corrected chi connectivity index (χ2v) is 4.33. The molecule has 1 amide bonds. The van der Waals surface area contributed by atoms with Crippen LogP contribution in [0.2, 0.25) is 0 Å². The molecule has 1 aromatic heterocycles. The molecule has 2 heterocycles. The van der Waals surface area contributed by atoms with E-state index in [1.807, 2.05) is 0 Å². The Morgan fingerprint density at radius 1 is 1.65 bits per heavy atom. The van der Waals surface area contributed by atoms with Gasteiger partial charge < -0.3 is 15.7 Å². The summed E-state index contributed by atoms with van der Waals surface area (Å²) in [5, 5.41) is 13.0. The van der Waals surface area contributed by atoms with Crippen molar-refractivity contribution in [2.24, 2.45) is 5.92 Å². The Morgan fingerprint density at radius 3 is 3.12 bits per heavy atom. The number of rotatable bonds is 3. The van der Waals surface area contributed by atoms with Crippen molar-refractivity contribution in [2.75, 3.05) is 25.4 Å². The van der Waals surface area contributed by atoms with Gasteiger partial charge in [-0.1, -0.05) is 0 Å². The predicted octanol–water partition coefficient (Wildman–Crippen LogP) is -0.909. The lowest BCUT2D eigenvalue weighted by molar-refractivity contribution is -0.134. The number of piperidine rings is 1. The van der Waals surface area contributed by atoms with E-state index in [0.29, 0.717) is 6.54 Å². The molecule has 0 aromatic carbocycles. The van der Waals surface area contributed by atoms with E-state index >= 15 is 0 Å². The highest BCUT2D eigenvalue weighted by molar-refractivity contribution is 5.76. The fourth-order valence-corrected chi connectivity index (χ4v) is 2.06. The summed E-state index contributed by atoms with van der Waals surface area (Å²) < 4.78 is 1.43. The molecular weight excluding hydrogens is 222 g/mol. The van der Waals surface area contributed by atoms with Crippen LogP contribution in [0.25, 0.3) is 0 Å². The molecule has 7 nitrogen and oxygen atoms in total. The number of carbonyl (C=O) groups is 1. The van der Waals surface area contributed by atoms with Crippen molar-refractivity contribution in [1.82, 2.24) is 19.7 Å². The van der Waals surface area contributed by atoms with Gasteiger partial charge in [0.1, 0.15) is 12.9 Å². The lowest BCUT2D eigenvalue weighted by Crippen LogP contribution is -2.42. The first-order valence-electron chi connectivity index (χ1n) is 5.72. The van der Waals surface area contributed by atoms with Crippen molar-refractivity contribution in [3.8, 4) is 0 Å². The van der Waals surface area contributed by atoms with Crippen molar-refractivity contribution in [3.05, 3.63) is 6.33 Å². The summed E-state index contributed by atoms with van der Waals surface area (Å²) in [6.07, 6.45) is 3.37. The molecule has 94 valence electrons. The van der Waals surface area contributed by atoms with Crippen molar-refractivity contribution in [3.63, 3.8) is 0 Å². The molecule has 0 aliphatic carbocycles. The molecule has 1 aromatic rings. The van der Waals surface area contributed by atoms with Crippen molar-refractivity contribution < 1.29 is 9.90 Å². The molecule has 0 radical (unpaired) electrons. The summed E-state index contributed by atoms with van der Waals surface area (Å²) in [6.45, 7) is 1.67. The molecule has 2 rings (SSSR count). The van der Waals surface area contributed by atoms with Crippen LogP contribution in [0.5, 0.6) is 0 Å². The van der Waals surface area contributed by atoms with Gasteiger partial charge in [0, 0.05) is 19.7 Å². The lowest BCUT2D eigenvalue weighted by Gasteiger charge is -2.31. The Bertz CT molecular complexity index is 392. The topological polar surface area (TPSA) is 97.3 Å². The maximum Gasteiger partial charge on any atom is 0.244 e. The Labute approximate surface area is 99.2 Å². The van der Waals surface area contributed by atoms with E-state index < -0.39 is 0 Å². The molecular formula is C10H17N5O2. The molecule has 1 aliphatic rings. The third-order valence-electron chi connectivity index (χ3n) is 2.98. The molecule has 7 heteroatoms. The van der Waals surface area contributed by atoms with Crippen LogP contribution in [-0.2, 0) is 11.3 Å². The SMILES string of the molecule is Nc1ncn(CC(=O)N2CCCC(CO)C2)n1. The van der Waals surface area contributed by atoms with Crippen LogP contribution in [0.1, 0.15) is 12.8 Å². The summed E-state index contributed by atoms with van der Waals surface area (Å²) >= 11 is 0. The number of amides is 1. The molecule has 1 unspecified atom stereocenters. The molecule has 1 fully saturated rings. The van der Waals surface area contributed by atoms with Crippen molar-refractivity contribution in [2.45, 2.75) is 19.4 Å². The number of hydrogen-bond donors (Lipinski definition) is 2. The van der Waals surface area contributed by atoms with Crippen LogP contribution < -0.4 is 5.73 Å². The van der Waals surface area contributed by atoms with Gasteiger partial charge in [-0.15, -0.1) is 5.10 Å². The monoisotopic (exact) mass is 239 g/mol. The number of likely N-dealkylation sites (tertiary alicyclic amines) is 1. The van der Waals surface area contributed by atoms with Crippen LogP contribution in [-0.4, -0.2) is 50.4 Å². The number of nitrogen functional groups attached to an aromatic ring is 1. The third kappa shape index (κ3) is 2.94. The highest BCUT2D eigenvalue weighted by Gasteiger charge is 2.23. The van der Waals surface area contributed by atoms with Gasteiger partial charge in [-0.2, -0.15) is 0 Å². The fraction of sp³-hybridized carbons (Fsp3) is 0.700. The standard InChI is InChI=1S/C10H17N5O2/c11-10-12-7-15(13-10)5-9(17)14-3-1-2-8(4-14)6-16/h7-8,16H,1-6H2,(H2,11,13). The maximum atomic E-state index is 12.0. The van der Waals surface area contributed by atoms with E-state index in [0.717, 1.165) is 19.4 Å². The number of anilines is 1. The van der Waals surface area contributed by atoms with Gasteiger partial charge >= 0.3 is 0 Å². The fourth-order valence-electron chi connectivity index (χ4n) is 2.06. The number of nitrogens with two attached hydrogens (primary N) is 1. The molecule has 0 saturated carbocycles. The highest BCUT2D eigenvalue weighted by atomic mass is 16.3. The number of nitrogens with zero attached hydrogens (tertiary/aromatic N) is 4. The van der Waals surface area contributed by atoms with Gasteiger partial charge in [-0.3, -0.25) is 4.79 Å². The van der Waals surface area contributed by atoms with E-state index in [1.54, 1.807) is 4.90 Å². The number of aromatic nitrogens is 3. The number of hydrogen-bond acceptors (Lipinski definition) is 5. The number of aliphatic hydroxyl groups is 1. The minimum absolute atomic E-state index is 0.00644. The Kier molecular flexibility index (Phi) is 3.58. The molecule has 1 saturated heterocycles. The first kappa shape index (κ1) is 11.8. The van der Waals surface area contributed by atoms with Gasteiger partial charge in [0.2, 0.25) is 11.9 Å². The Balaban J connectivity index is 1.91. The van der Waals surface area contributed by atoms with Gasteiger partial charge in [-0.05, 0) is 18.8 Å². The second-order valence-electron chi connectivity index (χ2n) is 4.33. The summed E-state index contributed by atoms with van der Waals surface area (Å²) in [5.74, 6) is 0.367. The minimum atomic E-state index is -0.00644. The van der Waals surface area contributed by atoms with Crippen LogP contribution >= 0.6 is 0 Å². The Hall–Kier alpha value is -1.63. The van der Waals surface area contributed by atoms with Crippen LogP contribution in [0.4, 0.5) is 5.95 Å². The van der Waals surface area contributed by atoms with Crippen LogP contribution in [0, 0.1) is 5.92 Å². The molecule has 3 N–H and O–H groups in total. The van der Waals surface area contributed by atoms with Crippen molar-refractivity contribution in [1.29, 1.82) is 0 Å². The number of aliphatic hydroxyl groups excluding tert-OH is 1. The van der Waals surface area contributed by atoms with Crippen molar-refractivity contribution >= 4 is 11.9 Å². The highest BCUT2D eigenvalue weighted by Crippen LogP contribution is 2.15. The molecule has 0 bridgehead atoms. The van der Waals surface area contributed by atoms with Gasteiger partial charge in [0.05, 0.1) is 0 Å². The first-order chi connectivity index (χ1) is 8.19. The normalized spacial score (nSPS) is 20.5. The second kappa shape index (κ2) is 5.13. The van der Waals surface area contributed by atoms with E-state index in [9.17, 15) is 4.79 Å². The Morgan fingerprint density at radius 2 is 2.47 bits per heavy atom. The minimum Gasteiger partial charge on any atom is -0.396 e. The smallest absolute Gasteiger partial charge is 0.244 e. The summed E-state index contributed by atoms with van der Waals surface area (Å²) in [5.41, 5.74) is 5.38. The van der Waals surface area contributed by atoms with Gasteiger partial charge in [-0.25, -0.2) is 9.67 Å². The van der Waals surface area contributed by atoms with Crippen LogP contribution in [0.15, 0.2) is 6.33 Å². The summed E-state index contributed by atoms with van der Waals surface area (Å²) in [4.78, 5) is 17.5. The third-order valence-corrected chi connectivity index (χ3v) is 2.98. The zero-order valence-corrected chi connectivity index (χ0v) is 9.62. The molecule has 1 atom stereocenters. The first-order valence-corrected chi connectivity index (χ1v) is 5.72. The van der Waals surface area contributed by atoms with Gasteiger partial charge in [0.15, 0.2) is 0 Å². The molecule has 1 aliphatic heterocycles. The zero-order valence-electron chi connectivity index (χ0n) is 9.62. The van der Waals surface area contributed by atoms with E-state index in [1.165, 1.54) is 11.0 Å². The van der Waals surface area contributed by atoms with Gasteiger partial charge in [0.25, 0.3) is 0 Å². The maximum absolute atomic E-state index is 12.0. The summed E-state index contributed by atoms with van der Waals surface area (Å²) in [6, 6.07) is 0. The van der Waals surface area contributed by atoms with E-state index in [-0.39, 0.29) is 30.9 Å². The largest absolute Gasteiger partial charge is 0.396 e. The van der Waals surface area contributed by atoms with Crippen LogP contribution in [0.3, 0.4) is 0 Å². The predicted molar refractivity (Wildman–Crippen MR) is 60.8 cm³/mol. The molecule has 17 heavy (non-hydrogen) atoms. The molecule has 0 spiro atoms. The zero-order chi connectivity index (χ0) is 12.3. The average Bonchev–Trinajstić information content (AvgIpc) is 2.75. The quantitative estimate of drug-likeness (QED) is 0.711. The van der Waals surface area contributed by atoms with E-state index in [4.69, 9.17) is 10.8 Å². The number of carbonyl (C=O) groups excluding carboxylic acids is 1.